The van der Waals surface area contributed by atoms with Gasteiger partial charge in [0.25, 0.3) is 11.8 Å². The lowest BCUT2D eigenvalue weighted by Gasteiger charge is -2.27. The van der Waals surface area contributed by atoms with Crippen molar-refractivity contribution in [3.05, 3.63) is 41.1 Å². The van der Waals surface area contributed by atoms with Crippen LogP contribution in [-0.4, -0.2) is 51.9 Å². The van der Waals surface area contributed by atoms with Crippen LogP contribution >= 0.6 is 0 Å². The largest absolute Gasteiger partial charge is 0.319 e. The van der Waals surface area contributed by atoms with Gasteiger partial charge >= 0.3 is 0 Å². The van der Waals surface area contributed by atoms with Crippen molar-refractivity contribution in [2.24, 2.45) is 0 Å². The van der Waals surface area contributed by atoms with Crippen molar-refractivity contribution < 1.29 is 24.0 Å². The first-order chi connectivity index (χ1) is 13.0. The zero-order valence-corrected chi connectivity index (χ0v) is 14.4. The van der Waals surface area contributed by atoms with Crippen LogP contribution < -0.4 is 5.32 Å². The quantitative estimate of drug-likeness (QED) is 0.792. The van der Waals surface area contributed by atoms with E-state index >= 15 is 0 Å². The number of likely N-dealkylation sites (tertiary alicyclic amines) is 1. The number of nitrogens with zero attached hydrogens (tertiary/aromatic N) is 2. The zero-order valence-electron chi connectivity index (χ0n) is 14.4. The fraction of sp³-hybridized carbons (Fsp3) is 0.316. The fourth-order valence-corrected chi connectivity index (χ4v) is 3.68. The third-order valence-corrected chi connectivity index (χ3v) is 5.04. The summed E-state index contributed by atoms with van der Waals surface area (Å²) in [6.07, 6.45) is 4.74. The Bertz CT molecular complexity index is 920. The van der Waals surface area contributed by atoms with E-state index in [1.54, 1.807) is 35.4 Å². The SMILES string of the molecule is O=C1CCC(N2C(=O)c3cccc(/C=C/N4CCCC4=O)c3C2=O)C(=O)N1. The van der Waals surface area contributed by atoms with Crippen molar-refractivity contribution >= 4 is 35.6 Å². The van der Waals surface area contributed by atoms with Gasteiger partial charge in [-0.25, -0.2) is 0 Å². The average molecular weight is 367 g/mol. The van der Waals surface area contributed by atoms with Crippen molar-refractivity contribution in [1.82, 2.24) is 15.1 Å². The Morgan fingerprint density at radius 3 is 2.56 bits per heavy atom. The minimum absolute atomic E-state index is 0.0198. The summed E-state index contributed by atoms with van der Waals surface area (Å²) in [5.74, 6) is -2.13. The summed E-state index contributed by atoms with van der Waals surface area (Å²) in [6, 6.07) is 3.89. The van der Waals surface area contributed by atoms with Crippen molar-refractivity contribution in [3.8, 4) is 0 Å². The van der Waals surface area contributed by atoms with Crippen LogP contribution in [-0.2, 0) is 14.4 Å². The number of benzene rings is 1. The van der Waals surface area contributed by atoms with Gasteiger partial charge in [0.1, 0.15) is 6.04 Å². The van der Waals surface area contributed by atoms with Gasteiger partial charge in [0.15, 0.2) is 0 Å². The van der Waals surface area contributed by atoms with E-state index in [-0.39, 0.29) is 29.9 Å². The van der Waals surface area contributed by atoms with Gasteiger partial charge in [-0.2, -0.15) is 0 Å². The number of piperidine rings is 1. The van der Waals surface area contributed by atoms with Crippen LogP contribution in [0.3, 0.4) is 0 Å². The number of rotatable bonds is 3. The maximum atomic E-state index is 12.9. The Hall–Kier alpha value is -3.29. The molecule has 27 heavy (non-hydrogen) atoms. The van der Waals surface area contributed by atoms with E-state index in [4.69, 9.17) is 0 Å². The van der Waals surface area contributed by atoms with Crippen LogP contribution in [0.5, 0.6) is 0 Å². The third kappa shape index (κ3) is 2.83. The molecule has 0 aromatic heterocycles. The predicted octanol–water partition coefficient (Wildman–Crippen LogP) is 0.681. The van der Waals surface area contributed by atoms with Gasteiger partial charge in [0.2, 0.25) is 17.7 Å². The first-order valence-electron chi connectivity index (χ1n) is 8.79. The molecule has 1 unspecified atom stereocenters. The lowest BCUT2D eigenvalue weighted by Crippen LogP contribution is -2.54. The Balaban J connectivity index is 1.65. The van der Waals surface area contributed by atoms with Crippen molar-refractivity contribution in [2.75, 3.05) is 6.54 Å². The van der Waals surface area contributed by atoms with Gasteiger partial charge in [-0.1, -0.05) is 12.1 Å². The molecule has 0 spiro atoms. The summed E-state index contributed by atoms with van der Waals surface area (Å²) >= 11 is 0. The van der Waals surface area contributed by atoms with E-state index in [0.29, 0.717) is 18.5 Å². The molecule has 3 heterocycles. The first-order valence-corrected chi connectivity index (χ1v) is 8.79. The number of fused-ring (bicyclic) bond motifs is 1. The minimum atomic E-state index is -0.993. The summed E-state index contributed by atoms with van der Waals surface area (Å²) in [5, 5.41) is 2.17. The first kappa shape index (κ1) is 17.1. The van der Waals surface area contributed by atoms with Crippen LogP contribution in [0.15, 0.2) is 24.4 Å². The normalized spacial score (nSPS) is 22.8. The highest BCUT2D eigenvalue weighted by atomic mass is 16.2. The topological polar surface area (TPSA) is 104 Å². The molecular formula is C19H17N3O5. The van der Waals surface area contributed by atoms with E-state index < -0.39 is 29.7 Å². The number of amides is 5. The molecule has 1 N–H and O–H groups in total. The molecule has 3 aliphatic heterocycles. The lowest BCUT2D eigenvalue weighted by atomic mass is 10.0. The average Bonchev–Trinajstić information content (AvgIpc) is 3.16. The van der Waals surface area contributed by atoms with Gasteiger partial charge in [-0.3, -0.25) is 34.2 Å². The Morgan fingerprint density at radius 1 is 1.04 bits per heavy atom. The molecule has 5 amide bonds. The van der Waals surface area contributed by atoms with E-state index in [2.05, 4.69) is 5.32 Å². The monoisotopic (exact) mass is 367 g/mol. The Labute approximate surface area is 154 Å². The fourth-order valence-electron chi connectivity index (χ4n) is 3.68. The second kappa shape index (κ2) is 6.46. The minimum Gasteiger partial charge on any atom is -0.319 e. The van der Waals surface area contributed by atoms with E-state index in [1.807, 2.05) is 0 Å². The highest BCUT2D eigenvalue weighted by Crippen LogP contribution is 2.30. The van der Waals surface area contributed by atoms with Gasteiger partial charge in [0, 0.05) is 25.6 Å². The van der Waals surface area contributed by atoms with Crippen LogP contribution in [0.1, 0.15) is 52.0 Å². The molecule has 3 aliphatic rings. The standard InChI is InChI=1S/C19H17N3O5/c23-14-7-6-13(17(25)20-14)22-18(26)12-4-1-3-11(16(12)19(22)27)8-10-21-9-2-5-15(21)24/h1,3-4,8,10,13H,2,5-7,9H2,(H,20,23,25)/b10-8+. The number of carbonyl (C=O) groups is 5. The van der Waals surface area contributed by atoms with Gasteiger partial charge < -0.3 is 4.90 Å². The summed E-state index contributed by atoms with van der Waals surface area (Å²) in [6.45, 7) is 0.625. The smallest absolute Gasteiger partial charge is 0.262 e. The molecule has 0 bridgehead atoms. The van der Waals surface area contributed by atoms with Crippen LogP contribution in [0.25, 0.3) is 6.08 Å². The van der Waals surface area contributed by atoms with E-state index in [1.165, 1.54) is 0 Å². The molecular weight excluding hydrogens is 350 g/mol. The predicted molar refractivity (Wildman–Crippen MR) is 93.1 cm³/mol. The maximum Gasteiger partial charge on any atom is 0.262 e. The molecule has 0 saturated carbocycles. The lowest BCUT2D eigenvalue weighted by molar-refractivity contribution is -0.136. The highest BCUT2D eigenvalue weighted by Gasteiger charge is 2.45. The summed E-state index contributed by atoms with van der Waals surface area (Å²) < 4.78 is 0. The molecule has 1 aromatic carbocycles. The number of hydrogen-bond acceptors (Lipinski definition) is 5. The summed E-state index contributed by atoms with van der Waals surface area (Å²) in [5.41, 5.74) is 0.954. The number of nitrogens with one attached hydrogen (secondary N) is 1. The molecule has 0 radical (unpaired) electrons. The number of imide groups is 2. The maximum absolute atomic E-state index is 12.9. The number of carbonyl (C=O) groups excluding carboxylic acids is 5. The second-order valence-electron chi connectivity index (χ2n) is 6.72. The van der Waals surface area contributed by atoms with E-state index in [0.717, 1.165) is 11.3 Å². The molecule has 4 rings (SSSR count). The van der Waals surface area contributed by atoms with Crippen LogP contribution in [0.2, 0.25) is 0 Å². The molecule has 1 aromatic rings. The molecule has 1 atom stereocenters. The van der Waals surface area contributed by atoms with Crippen molar-refractivity contribution in [3.63, 3.8) is 0 Å². The zero-order chi connectivity index (χ0) is 19.1. The Morgan fingerprint density at radius 2 is 1.85 bits per heavy atom. The van der Waals surface area contributed by atoms with Gasteiger partial charge in [-0.15, -0.1) is 0 Å². The van der Waals surface area contributed by atoms with Crippen LogP contribution in [0.4, 0.5) is 0 Å². The Kier molecular flexibility index (Phi) is 4.10. The third-order valence-electron chi connectivity index (χ3n) is 5.04. The molecule has 2 saturated heterocycles. The summed E-state index contributed by atoms with van der Waals surface area (Å²) in [7, 11) is 0. The summed E-state index contributed by atoms with van der Waals surface area (Å²) in [4.78, 5) is 63.4. The highest BCUT2D eigenvalue weighted by molar-refractivity contribution is 6.24. The number of hydrogen-bond donors (Lipinski definition) is 1. The van der Waals surface area contributed by atoms with E-state index in [9.17, 15) is 24.0 Å². The van der Waals surface area contributed by atoms with Gasteiger partial charge in [0.05, 0.1) is 11.1 Å². The van der Waals surface area contributed by atoms with Crippen LogP contribution in [0, 0.1) is 0 Å². The van der Waals surface area contributed by atoms with Crippen molar-refractivity contribution in [1.29, 1.82) is 0 Å². The molecule has 2 fully saturated rings. The van der Waals surface area contributed by atoms with Gasteiger partial charge in [-0.05, 0) is 30.5 Å². The molecule has 8 heteroatoms. The molecule has 0 aliphatic carbocycles. The second-order valence-corrected chi connectivity index (χ2v) is 6.72. The molecule has 8 nitrogen and oxygen atoms in total. The molecule has 138 valence electrons. The van der Waals surface area contributed by atoms with Crippen molar-refractivity contribution in [2.45, 2.75) is 31.7 Å².